The topological polar surface area (TPSA) is 91.8 Å². The predicted octanol–water partition coefficient (Wildman–Crippen LogP) is 3.42. The van der Waals surface area contributed by atoms with Crippen molar-refractivity contribution < 1.29 is 17.9 Å². The summed E-state index contributed by atoms with van der Waals surface area (Å²) in [5.41, 5.74) is 2.59. The first-order valence-corrected chi connectivity index (χ1v) is 13.0. The van der Waals surface area contributed by atoms with Crippen LogP contribution in [0.4, 0.5) is 11.5 Å². The second kappa shape index (κ2) is 9.32. The molecule has 0 unspecified atom stereocenters. The van der Waals surface area contributed by atoms with E-state index < -0.39 is 10.0 Å². The Labute approximate surface area is 199 Å². The Morgan fingerprint density at radius 3 is 2.50 bits per heavy atom. The molecule has 2 aliphatic heterocycles. The second-order valence-corrected chi connectivity index (χ2v) is 10.6. The summed E-state index contributed by atoms with van der Waals surface area (Å²) in [5, 5.41) is 3.84. The summed E-state index contributed by atoms with van der Waals surface area (Å²) < 4.78 is 33.0. The molecule has 8 nitrogen and oxygen atoms in total. The SMILES string of the molecule is Cc1ccc(S(=O)(=O)N2CCOCC2)cc1NC(=O)c1cc2ccccc2nc1N1CCCC1. The first-order chi connectivity index (χ1) is 16.4. The summed E-state index contributed by atoms with van der Waals surface area (Å²) in [6.45, 7) is 4.96. The van der Waals surface area contributed by atoms with Gasteiger partial charge in [0, 0.05) is 37.3 Å². The largest absolute Gasteiger partial charge is 0.379 e. The highest BCUT2D eigenvalue weighted by Gasteiger charge is 2.27. The number of benzene rings is 2. The molecule has 3 heterocycles. The van der Waals surface area contributed by atoms with Crippen LogP contribution in [0.3, 0.4) is 0 Å². The monoisotopic (exact) mass is 480 g/mol. The summed E-state index contributed by atoms with van der Waals surface area (Å²) in [6.07, 6.45) is 2.13. The number of fused-ring (bicyclic) bond motifs is 1. The summed E-state index contributed by atoms with van der Waals surface area (Å²) in [6, 6.07) is 14.5. The third kappa shape index (κ3) is 4.38. The molecule has 5 rings (SSSR count). The lowest BCUT2D eigenvalue weighted by atomic mass is 10.1. The lowest BCUT2D eigenvalue weighted by Gasteiger charge is -2.26. The third-order valence-corrected chi connectivity index (χ3v) is 8.31. The number of pyridine rings is 1. The predicted molar refractivity (Wildman–Crippen MR) is 132 cm³/mol. The molecule has 2 saturated heterocycles. The maximum Gasteiger partial charge on any atom is 0.259 e. The molecule has 1 N–H and O–H groups in total. The number of hydrogen-bond donors (Lipinski definition) is 1. The number of carbonyl (C=O) groups excluding carboxylic acids is 1. The number of anilines is 2. The van der Waals surface area contributed by atoms with Crippen molar-refractivity contribution in [2.45, 2.75) is 24.7 Å². The second-order valence-electron chi connectivity index (χ2n) is 8.69. The number of amides is 1. The van der Waals surface area contributed by atoms with E-state index in [9.17, 15) is 13.2 Å². The van der Waals surface area contributed by atoms with Crippen LogP contribution in [0.15, 0.2) is 53.4 Å². The maximum absolute atomic E-state index is 13.5. The fourth-order valence-electron chi connectivity index (χ4n) is 4.46. The van der Waals surface area contributed by atoms with Gasteiger partial charge in [0.2, 0.25) is 10.0 Å². The summed E-state index contributed by atoms with van der Waals surface area (Å²) in [5.74, 6) is 0.368. The van der Waals surface area contributed by atoms with Crippen molar-refractivity contribution in [1.29, 1.82) is 0 Å². The average molecular weight is 481 g/mol. The zero-order valence-electron chi connectivity index (χ0n) is 19.2. The standard InChI is InChI=1S/C25H28N4O4S/c1-18-8-9-20(34(31,32)29-12-14-33-15-13-29)17-23(18)27-25(30)21-16-19-6-2-3-7-22(19)26-24(21)28-10-4-5-11-28/h2-3,6-9,16-17H,4-5,10-15H2,1H3,(H,27,30). The summed E-state index contributed by atoms with van der Waals surface area (Å²) in [4.78, 5) is 20.6. The minimum Gasteiger partial charge on any atom is -0.379 e. The summed E-state index contributed by atoms with van der Waals surface area (Å²) in [7, 11) is -3.67. The number of sulfonamides is 1. The number of morpholine rings is 1. The number of aryl methyl sites for hydroxylation is 1. The number of carbonyl (C=O) groups is 1. The van der Waals surface area contributed by atoms with E-state index >= 15 is 0 Å². The molecule has 178 valence electrons. The number of aromatic nitrogens is 1. The van der Waals surface area contributed by atoms with Gasteiger partial charge in [-0.05, 0) is 49.6 Å². The molecule has 1 aromatic heterocycles. The smallest absolute Gasteiger partial charge is 0.259 e. The molecule has 0 radical (unpaired) electrons. The highest BCUT2D eigenvalue weighted by atomic mass is 32.2. The molecule has 2 aliphatic rings. The van der Waals surface area contributed by atoms with Gasteiger partial charge in [-0.3, -0.25) is 4.79 Å². The molecule has 0 aliphatic carbocycles. The molecule has 1 amide bonds. The Hall–Kier alpha value is -3.01. The number of nitrogens with one attached hydrogen (secondary N) is 1. The van der Waals surface area contributed by atoms with Gasteiger partial charge in [0.25, 0.3) is 5.91 Å². The van der Waals surface area contributed by atoms with E-state index in [4.69, 9.17) is 9.72 Å². The molecule has 2 aromatic carbocycles. The Morgan fingerprint density at radius 1 is 1.00 bits per heavy atom. The van der Waals surface area contributed by atoms with E-state index in [1.54, 1.807) is 18.2 Å². The Balaban J connectivity index is 1.49. The molecular formula is C25H28N4O4S. The van der Waals surface area contributed by atoms with Gasteiger partial charge in [0.15, 0.2) is 0 Å². The lowest BCUT2D eigenvalue weighted by Crippen LogP contribution is -2.40. The Morgan fingerprint density at radius 2 is 1.74 bits per heavy atom. The van der Waals surface area contributed by atoms with Crippen LogP contribution in [0, 0.1) is 6.92 Å². The van der Waals surface area contributed by atoms with Gasteiger partial charge in [-0.25, -0.2) is 13.4 Å². The highest BCUT2D eigenvalue weighted by Crippen LogP contribution is 2.29. The molecular weight excluding hydrogens is 452 g/mol. The van der Waals surface area contributed by atoms with Crippen molar-refractivity contribution in [2.24, 2.45) is 0 Å². The number of ether oxygens (including phenoxy) is 1. The van der Waals surface area contributed by atoms with E-state index in [-0.39, 0.29) is 10.8 Å². The van der Waals surface area contributed by atoms with Crippen LogP contribution in [0.2, 0.25) is 0 Å². The molecule has 0 atom stereocenters. The van der Waals surface area contributed by atoms with Gasteiger partial charge in [-0.15, -0.1) is 0 Å². The zero-order valence-corrected chi connectivity index (χ0v) is 20.0. The Kier molecular flexibility index (Phi) is 6.24. The molecule has 34 heavy (non-hydrogen) atoms. The maximum atomic E-state index is 13.5. The van der Waals surface area contributed by atoms with Crippen LogP contribution in [0.25, 0.3) is 10.9 Å². The first kappa shape index (κ1) is 22.8. The van der Waals surface area contributed by atoms with Crippen molar-refractivity contribution in [3.05, 3.63) is 59.7 Å². The van der Waals surface area contributed by atoms with Crippen LogP contribution < -0.4 is 10.2 Å². The van der Waals surface area contributed by atoms with Gasteiger partial charge in [0.1, 0.15) is 5.82 Å². The molecule has 2 fully saturated rings. The quantitative estimate of drug-likeness (QED) is 0.602. The van der Waals surface area contributed by atoms with Gasteiger partial charge < -0.3 is 15.0 Å². The van der Waals surface area contributed by atoms with Gasteiger partial charge in [0.05, 0.1) is 29.2 Å². The van der Waals surface area contributed by atoms with Crippen molar-refractivity contribution in [3.63, 3.8) is 0 Å². The number of nitrogens with zero attached hydrogens (tertiary/aromatic N) is 3. The van der Waals surface area contributed by atoms with Crippen molar-refractivity contribution >= 4 is 38.3 Å². The van der Waals surface area contributed by atoms with E-state index in [0.29, 0.717) is 43.4 Å². The van der Waals surface area contributed by atoms with E-state index in [1.807, 2.05) is 37.3 Å². The van der Waals surface area contributed by atoms with E-state index in [1.165, 1.54) is 4.31 Å². The number of hydrogen-bond acceptors (Lipinski definition) is 6. The minimum absolute atomic E-state index is 0.159. The number of rotatable bonds is 5. The number of para-hydroxylation sites is 1. The highest BCUT2D eigenvalue weighted by molar-refractivity contribution is 7.89. The molecule has 0 saturated carbocycles. The van der Waals surface area contributed by atoms with E-state index in [0.717, 1.165) is 42.4 Å². The van der Waals surface area contributed by atoms with Crippen LogP contribution in [-0.4, -0.2) is 63.0 Å². The van der Waals surface area contributed by atoms with Crippen molar-refractivity contribution in [3.8, 4) is 0 Å². The van der Waals surface area contributed by atoms with Crippen LogP contribution >= 0.6 is 0 Å². The van der Waals surface area contributed by atoms with Crippen molar-refractivity contribution in [1.82, 2.24) is 9.29 Å². The van der Waals surface area contributed by atoms with Gasteiger partial charge in [-0.2, -0.15) is 4.31 Å². The molecule has 0 bridgehead atoms. The Bertz CT molecular complexity index is 1330. The van der Waals surface area contributed by atoms with Gasteiger partial charge >= 0.3 is 0 Å². The van der Waals surface area contributed by atoms with E-state index in [2.05, 4.69) is 10.2 Å². The van der Waals surface area contributed by atoms with Crippen LogP contribution in [-0.2, 0) is 14.8 Å². The first-order valence-electron chi connectivity index (χ1n) is 11.6. The third-order valence-electron chi connectivity index (χ3n) is 6.42. The lowest BCUT2D eigenvalue weighted by molar-refractivity contribution is 0.0730. The van der Waals surface area contributed by atoms with Crippen LogP contribution in [0.1, 0.15) is 28.8 Å². The fourth-order valence-corrected chi connectivity index (χ4v) is 5.90. The molecule has 0 spiro atoms. The van der Waals surface area contributed by atoms with Crippen LogP contribution in [0.5, 0.6) is 0 Å². The molecule has 9 heteroatoms. The summed E-state index contributed by atoms with van der Waals surface area (Å²) >= 11 is 0. The fraction of sp³-hybridized carbons (Fsp3) is 0.360. The van der Waals surface area contributed by atoms with Gasteiger partial charge in [-0.1, -0.05) is 24.3 Å². The minimum atomic E-state index is -3.67. The average Bonchev–Trinajstić information content (AvgIpc) is 3.40. The van der Waals surface area contributed by atoms with Crippen molar-refractivity contribution in [2.75, 3.05) is 49.6 Å². The molecule has 3 aromatic rings. The zero-order chi connectivity index (χ0) is 23.7. The normalized spacial score (nSPS) is 17.3.